The number of hydrogen-bond acceptors (Lipinski definition) is 3. The fourth-order valence-electron chi connectivity index (χ4n) is 1.91. The second kappa shape index (κ2) is 4.84. The first-order valence-electron chi connectivity index (χ1n) is 5.21. The monoisotopic (exact) mass is 244 g/mol. The molecule has 6 heteroatoms. The number of hydrogen-bond donors (Lipinski definition) is 2. The number of aromatic nitrogens is 2. The van der Waals surface area contributed by atoms with Crippen molar-refractivity contribution in [2.24, 2.45) is 12.8 Å². The summed E-state index contributed by atoms with van der Waals surface area (Å²) in [6.07, 6.45) is 3.13. The molecule has 1 aromatic heterocycles. The molecular weight excluding hydrogens is 228 g/mol. The van der Waals surface area contributed by atoms with Crippen LogP contribution in [0, 0.1) is 0 Å². The van der Waals surface area contributed by atoms with E-state index in [1.807, 2.05) is 7.05 Å². The molecule has 0 bridgehead atoms. The maximum atomic E-state index is 11.5. The first-order chi connectivity index (χ1) is 7.09. The van der Waals surface area contributed by atoms with Crippen LogP contribution in [0.25, 0.3) is 0 Å². The third-order valence-corrected chi connectivity index (χ3v) is 2.72. The first kappa shape index (κ1) is 13.0. The van der Waals surface area contributed by atoms with E-state index < -0.39 is 6.04 Å². The van der Waals surface area contributed by atoms with E-state index in [9.17, 15) is 4.79 Å². The van der Waals surface area contributed by atoms with E-state index in [4.69, 9.17) is 5.73 Å². The van der Waals surface area contributed by atoms with Crippen LogP contribution >= 0.6 is 12.4 Å². The van der Waals surface area contributed by atoms with Gasteiger partial charge in [0.05, 0.1) is 11.7 Å². The third kappa shape index (κ3) is 2.20. The average molecular weight is 245 g/mol. The summed E-state index contributed by atoms with van der Waals surface area (Å²) in [5, 5.41) is 7.19. The Morgan fingerprint density at radius 3 is 2.88 bits per heavy atom. The summed E-state index contributed by atoms with van der Waals surface area (Å²) in [5.41, 5.74) is 7.79. The molecule has 0 aliphatic heterocycles. The molecule has 2 rings (SSSR count). The zero-order valence-electron chi connectivity index (χ0n) is 9.49. The van der Waals surface area contributed by atoms with E-state index in [0.29, 0.717) is 0 Å². The zero-order valence-corrected chi connectivity index (χ0v) is 10.3. The number of halogens is 1. The Hall–Kier alpha value is -1.07. The summed E-state index contributed by atoms with van der Waals surface area (Å²) in [7, 11) is 1.84. The van der Waals surface area contributed by atoms with Crippen LogP contribution in [0.1, 0.15) is 24.6 Å². The van der Waals surface area contributed by atoms with Gasteiger partial charge in [-0.2, -0.15) is 5.10 Å². The van der Waals surface area contributed by atoms with Gasteiger partial charge in [0.15, 0.2) is 0 Å². The Labute approximate surface area is 101 Å². The molecule has 0 aromatic carbocycles. The maximum absolute atomic E-state index is 11.5. The number of fused-ring (bicyclic) bond motifs is 1. The number of anilines is 1. The van der Waals surface area contributed by atoms with Gasteiger partial charge >= 0.3 is 0 Å². The van der Waals surface area contributed by atoms with Gasteiger partial charge < -0.3 is 11.1 Å². The fourth-order valence-corrected chi connectivity index (χ4v) is 1.91. The molecule has 0 radical (unpaired) electrons. The molecule has 90 valence electrons. The highest BCUT2D eigenvalue weighted by molar-refractivity contribution is 5.94. The zero-order chi connectivity index (χ0) is 11.0. The average Bonchev–Trinajstić information content (AvgIpc) is 2.69. The molecule has 1 amide bonds. The Balaban J connectivity index is 0.00000128. The maximum Gasteiger partial charge on any atom is 0.242 e. The summed E-state index contributed by atoms with van der Waals surface area (Å²) in [4.78, 5) is 11.5. The Morgan fingerprint density at radius 2 is 2.25 bits per heavy atom. The number of aryl methyl sites for hydroxylation is 2. The molecule has 5 nitrogen and oxygen atoms in total. The van der Waals surface area contributed by atoms with Crippen molar-refractivity contribution in [1.82, 2.24) is 9.78 Å². The molecule has 0 fully saturated rings. The Morgan fingerprint density at radius 1 is 1.56 bits per heavy atom. The number of nitrogens with zero attached hydrogens (tertiary/aromatic N) is 2. The molecule has 1 aliphatic rings. The van der Waals surface area contributed by atoms with Crippen LogP contribution in [0.15, 0.2) is 0 Å². The van der Waals surface area contributed by atoms with Crippen LogP contribution in [0.5, 0.6) is 0 Å². The number of carbonyl (C=O) groups is 1. The topological polar surface area (TPSA) is 72.9 Å². The van der Waals surface area contributed by atoms with Crippen molar-refractivity contribution >= 4 is 24.1 Å². The Kier molecular flexibility index (Phi) is 3.93. The van der Waals surface area contributed by atoms with Gasteiger partial charge in [-0.25, -0.2) is 0 Å². The van der Waals surface area contributed by atoms with E-state index >= 15 is 0 Å². The van der Waals surface area contributed by atoms with Gasteiger partial charge in [0.25, 0.3) is 0 Å². The summed E-state index contributed by atoms with van der Waals surface area (Å²) in [5.74, 6) is 0.650. The Bertz CT molecular complexity index is 400. The van der Waals surface area contributed by atoms with E-state index in [1.165, 1.54) is 5.56 Å². The lowest BCUT2D eigenvalue weighted by Gasteiger charge is -2.09. The largest absolute Gasteiger partial charge is 0.320 e. The minimum Gasteiger partial charge on any atom is -0.320 e. The minimum atomic E-state index is -0.489. The van der Waals surface area contributed by atoms with Crippen molar-refractivity contribution in [2.45, 2.75) is 32.2 Å². The molecule has 0 unspecified atom stereocenters. The van der Waals surface area contributed by atoms with E-state index in [1.54, 1.807) is 11.6 Å². The normalized spacial score (nSPS) is 15.2. The number of rotatable bonds is 2. The predicted octanol–water partition coefficient (Wildman–Crippen LogP) is 0.616. The molecule has 1 aliphatic carbocycles. The van der Waals surface area contributed by atoms with E-state index in [0.717, 1.165) is 30.8 Å². The van der Waals surface area contributed by atoms with Gasteiger partial charge in [-0.3, -0.25) is 9.48 Å². The van der Waals surface area contributed by atoms with Crippen molar-refractivity contribution in [3.63, 3.8) is 0 Å². The number of nitrogens with two attached hydrogens (primary N) is 1. The lowest BCUT2D eigenvalue weighted by atomic mass is 10.2. The smallest absolute Gasteiger partial charge is 0.242 e. The van der Waals surface area contributed by atoms with Crippen LogP contribution in [-0.4, -0.2) is 21.7 Å². The van der Waals surface area contributed by atoms with Gasteiger partial charge in [-0.1, -0.05) is 0 Å². The quantitative estimate of drug-likeness (QED) is 0.801. The fraction of sp³-hybridized carbons (Fsp3) is 0.600. The molecule has 1 aromatic rings. The number of amides is 1. The predicted molar refractivity (Wildman–Crippen MR) is 64.8 cm³/mol. The van der Waals surface area contributed by atoms with Gasteiger partial charge in [0.2, 0.25) is 5.91 Å². The highest BCUT2D eigenvalue weighted by Gasteiger charge is 2.22. The van der Waals surface area contributed by atoms with E-state index in [-0.39, 0.29) is 18.3 Å². The summed E-state index contributed by atoms with van der Waals surface area (Å²) < 4.78 is 1.73. The van der Waals surface area contributed by atoms with Crippen molar-refractivity contribution in [1.29, 1.82) is 0 Å². The van der Waals surface area contributed by atoms with Gasteiger partial charge in [0.1, 0.15) is 5.82 Å². The van der Waals surface area contributed by atoms with Crippen LogP contribution < -0.4 is 11.1 Å². The summed E-state index contributed by atoms with van der Waals surface area (Å²) in [6.45, 7) is 1.67. The van der Waals surface area contributed by atoms with E-state index in [2.05, 4.69) is 10.4 Å². The van der Waals surface area contributed by atoms with Gasteiger partial charge in [0, 0.05) is 12.6 Å². The minimum absolute atomic E-state index is 0. The second-order valence-electron chi connectivity index (χ2n) is 4.03. The molecule has 0 saturated heterocycles. The molecule has 0 spiro atoms. The van der Waals surface area contributed by atoms with Crippen molar-refractivity contribution in [3.8, 4) is 0 Å². The molecule has 3 N–H and O–H groups in total. The second-order valence-corrected chi connectivity index (χ2v) is 4.03. The molecule has 1 heterocycles. The van der Waals surface area contributed by atoms with Crippen LogP contribution in [0.4, 0.5) is 5.82 Å². The van der Waals surface area contributed by atoms with Crippen molar-refractivity contribution in [2.75, 3.05) is 5.32 Å². The highest BCUT2D eigenvalue weighted by atomic mass is 35.5. The van der Waals surface area contributed by atoms with Gasteiger partial charge in [-0.15, -0.1) is 12.4 Å². The number of nitrogens with one attached hydrogen (secondary N) is 1. The lowest BCUT2D eigenvalue weighted by molar-refractivity contribution is -0.117. The van der Waals surface area contributed by atoms with Crippen LogP contribution in [0.2, 0.25) is 0 Å². The molecule has 16 heavy (non-hydrogen) atoms. The SMILES string of the molecule is C[C@H](N)C(=O)Nc1c2c(nn1C)CCC2.Cl. The highest BCUT2D eigenvalue weighted by Crippen LogP contribution is 2.27. The first-order valence-corrected chi connectivity index (χ1v) is 5.21. The standard InChI is InChI=1S/C10H16N4O.ClH/c1-6(11)10(15)12-9-7-4-3-5-8(7)13-14(9)2;/h6H,3-5,11H2,1-2H3,(H,12,15);1H/t6-;/m0./s1. The molecule has 1 atom stereocenters. The summed E-state index contributed by atoms with van der Waals surface area (Å²) in [6, 6.07) is -0.489. The molecule has 0 saturated carbocycles. The van der Waals surface area contributed by atoms with Crippen molar-refractivity contribution in [3.05, 3.63) is 11.3 Å². The van der Waals surface area contributed by atoms with Crippen LogP contribution in [-0.2, 0) is 24.7 Å². The molecular formula is C10H17ClN4O. The number of carbonyl (C=O) groups excluding carboxylic acids is 1. The summed E-state index contributed by atoms with van der Waals surface area (Å²) >= 11 is 0. The van der Waals surface area contributed by atoms with Crippen LogP contribution in [0.3, 0.4) is 0 Å². The lowest BCUT2D eigenvalue weighted by Crippen LogP contribution is -2.33. The van der Waals surface area contributed by atoms with Gasteiger partial charge in [-0.05, 0) is 26.2 Å². The van der Waals surface area contributed by atoms with Crippen molar-refractivity contribution < 1.29 is 4.79 Å². The third-order valence-electron chi connectivity index (χ3n) is 2.72.